The maximum atomic E-state index is 13.2. The van der Waals surface area contributed by atoms with Crippen molar-refractivity contribution < 1.29 is 19.1 Å². The van der Waals surface area contributed by atoms with Crippen LogP contribution in [0.25, 0.3) is 0 Å². The summed E-state index contributed by atoms with van der Waals surface area (Å²) >= 11 is 0. The Hall–Kier alpha value is -3.07. The van der Waals surface area contributed by atoms with Gasteiger partial charge in [0.1, 0.15) is 12.6 Å². The number of esters is 1. The average Bonchev–Trinajstić information content (AvgIpc) is 3.19. The molecule has 0 bridgehead atoms. The lowest BCUT2D eigenvalue weighted by atomic mass is 10.1. The summed E-state index contributed by atoms with van der Waals surface area (Å²) in [5, 5.41) is 6.76. The Balaban J connectivity index is 1.40. The largest absolute Gasteiger partial charge is 0.460 e. The number of fused-ring (bicyclic) bond motifs is 1. The standard InChI is InChI=1S/C26H32N4O4/c31-24-21-9-4-5-10-22(21)25(32)30(24)16-6-11-23(29-17-14-27-12-13-28-15-18-29)26(33)34-19-20-7-2-1-3-8-20/h1-5,7-10,23,27-28H,6,11-19H2. The summed E-state index contributed by atoms with van der Waals surface area (Å²) in [4.78, 5) is 42.0. The van der Waals surface area contributed by atoms with E-state index in [9.17, 15) is 14.4 Å². The Morgan fingerprint density at radius 1 is 0.853 bits per heavy atom. The van der Waals surface area contributed by atoms with Crippen molar-refractivity contribution in [2.75, 3.05) is 45.8 Å². The molecule has 0 radical (unpaired) electrons. The van der Waals surface area contributed by atoms with Gasteiger partial charge in [0, 0.05) is 45.8 Å². The molecule has 0 saturated carbocycles. The van der Waals surface area contributed by atoms with Gasteiger partial charge in [-0.1, -0.05) is 42.5 Å². The van der Waals surface area contributed by atoms with Gasteiger partial charge in [0.15, 0.2) is 0 Å². The molecule has 0 aromatic heterocycles. The number of carbonyl (C=O) groups is 3. The summed E-state index contributed by atoms with van der Waals surface area (Å²) in [6.45, 7) is 5.27. The van der Waals surface area contributed by atoms with Gasteiger partial charge in [-0.25, -0.2) is 0 Å². The van der Waals surface area contributed by atoms with E-state index in [1.165, 1.54) is 4.90 Å². The first-order valence-corrected chi connectivity index (χ1v) is 12.0. The molecular weight excluding hydrogens is 432 g/mol. The lowest BCUT2D eigenvalue weighted by Crippen LogP contribution is -2.47. The minimum atomic E-state index is -0.444. The number of imide groups is 1. The number of nitrogens with one attached hydrogen (secondary N) is 2. The molecule has 2 aromatic carbocycles. The van der Waals surface area contributed by atoms with Crippen LogP contribution in [0.3, 0.4) is 0 Å². The highest BCUT2D eigenvalue weighted by molar-refractivity contribution is 6.21. The molecule has 1 saturated heterocycles. The van der Waals surface area contributed by atoms with Crippen LogP contribution in [0.1, 0.15) is 39.1 Å². The van der Waals surface area contributed by atoms with Crippen molar-refractivity contribution in [3.8, 4) is 0 Å². The monoisotopic (exact) mass is 464 g/mol. The minimum absolute atomic E-state index is 0.221. The highest BCUT2D eigenvalue weighted by Crippen LogP contribution is 2.23. The third kappa shape index (κ3) is 5.88. The molecule has 0 spiro atoms. The molecule has 2 N–H and O–H groups in total. The quantitative estimate of drug-likeness (QED) is 0.454. The van der Waals surface area contributed by atoms with E-state index in [4.69, 9.17) is 4.74 Å². The zero-order valence-electron chi connectivity index (χ0n) is 19.4. The summed E-state index contributed by atoms with van der Waals surface area (Å²) in [6, 6.07) is 16.1. The molecular formula is C26H32N4O4. The van der Waals surface area contributed by atoms with Crippen molar-refractivity contribution in [3.05, 3.63) is 71.3 Å². The molecule has 8 nitrogen and oxygen atoms in total. The summed E-state index contributed by atoms with van der Waals surface area (Å²) in [6.07, 6.45) is 1.02. The predicted octanol–water partition coefficient (Wildman–Crippen LogP) is 1.67. The van der Waals surface area contributed by atoms with E-state index in [0.717, 1.165) is 44.8 Å². The smallest absolute Gasteiger partial charge is 0.323 e. The maximum Gasteiger partial charge on any atom is 0.323 e. The van der Waals surface area contributed by atoms with Crippen LogP contribution in [-0.4, -0.2) is 79.4 Å². The molecule has 2 aromatic rings. The van der Waals surface area contributed by atoms with Gasteiger partial charge in [0.25, 0.3) is 11.8 Å². The Morgan fingerprint density at radius 3 is 2.06 bits per heavy atom. The second-order valence-corrected chi connectivity index (χ2v) is 8.59. The SMILES string of the molecule is O=C(OCc1ccccc1)C(CCCN1C(=O)c2ccccc2C1=O)N1CCNCCNCC1. The topological polar surface area (TPSA) is 91.0 Å². The first-order valence-electron chi connectivity index (χ1n) is 12.0. The Bertz CT molecular complexity index is 952. The van der Waals surface area contributed by atoms with Crippen molar-refractivity contribution in [2.24, 2.45) is 0 Å². The van der Waals surface area contributed by atoms with E-state index < -0.39 is 6.04 Å². The molecule has 2 aliphatic heterocycles. The number of hydrogen-bond acceptors (Lipinski definition) is 7. The highest BCUT2D eigenvalue weighted by Gasteiger charge is 2.35. The van der Waals surface area contributed by atoms with E-state index in [2.05, 4.69) is 15.5 Å². The molecule has 4 rings (SSSR count). The van der Waals surface area contributed by atoms with Gasteiger partial charge in [-0.05, 0) is 30.5 Å². The van der Waals surface area contributed by atoms with Gasteiger partial charge in [0.2, 0.25) is 0 Å². The molecule has 2 heterocycles. The average molecular weight is 465 g/mol. The Kier molecular flexibility index (Phi) is 8.41. The van der Waals surface area contributed by atoms with E-state index in [1.807, 2.05) is 30.3 Å². The Morgan fingerprint density at radius 2 is 1.44 bits per heavy atom. The molecule has 1 fully saturated rings. The fraction of sp³-hybridized carbons (Fsp3) is 0.423. The van der Waals surface area contributed by atoms with Crippen LogP contribution in [0.4, 0.5) is 0 Å². The third-order valence-corrected chi connectivity index (χ3v) is 6.30. The second-order valence-electron chi connectivity index (χ2n) is 8.59. The predicted molar refractivity (Wildman–Crippen MR) is 128 cm³/mol. The van der Waals surface area contributed by atoms with Crippen LogP contribution < -0.4 is 10.6 Å². The van der Waals surface area contributed by atoms with Crippen molar-refractivity contribution in [2.45, 2.75) is 25.5 Å². The van der Waals surface area contributed by atoms with E-state index in [1.54, 1.807) is 24.3 Å². The van der Waals surface area contributed by atoms with Crippen LogP contribution in [0.5, 0.6) is 0 Å². The van der Waals surface area contributed by atoms with Crippen molar-refractivity contribution in [1.82, 2.24) is 20.4 Å². The Labute approximate surface area is 200 Å². The molecule has 8 heteroatoms. The summed E-state index contributed by atoms with van der Waals surface area (Å²) in [5.41, 5.74) is 1.83. The second kappa shape index (κ2) is 11.9. The van der Waals surface area contributed by atoms with Crippen LogP contribution in [0, 0.1) is 0 Å². The molecule has 180 valence electrons. The molecule has 34 heavy (non-hydrogen) atoms. The van der Waals surface area contributed by atoms with Crippen LogP contribution in [0.2, 0.25) is 0 Å². The van der Waals surface area contributed by atoms with Gasteiger partial charge < -0.3 is 15.4 Å². The van der Waals surface area contributed by atoms with Gasteiger partial charge in [-0.15, -0.1) is 0 Å². The molecule has 2 amide bonds. The number of carbonyl (C=O) groups excluding carboxylic acids is 3. The van der Waals surface area contributed by atoms with Crippen molar-refractivity contribution >= 4 is 17.8 Å². The van der Waals surface area contributed by atoms with Crippen molar-refractivity contribution in [1.29, 1.82) is 0 Å². The number of rotatable bonds is 8. The van der Waals surface area contributed by atoms with Gasteiger partial charge in [0.05, 0.1) is 11.1 Å². The third-order valence-electron chi connectivity index (χ3n) is 6.30. The first kappa shape index (κ1) is 24.1. The molecule has 1 atom stereocenters. The summed E-state index contributed by atoms with van der Waals surface area (Å²) in [7, 11) is 0. The lowest BCUT2D eigenvalue weighted by Gasteiger charge is -2.30. The molecule has 0 aliphatic carbocycles. The number of benzene rings is 2. The zero-order chi connectivity index (χ0) is 23.8. The maximum absolute atomic E-state index is 13.2. The van der Waals surface area contributed by atoms with Crippen molar-refractivity contribution in [3.63, 3.8) is 0 Å². The number of hydrogen-bond donors (Lipinski definition) is 2. The number of nitrogens with zero attached hydrogens (tertiary/aromatic N) is 2. The molecule has 2 aliphatic rings. The van der Waals surface area contributed by atoms with Crippen LogP contribution in [-0.2, 0) is 16.1 Å². The summed E-state index contributed by atoms with van der Waals surface area (Å²) in [5.74, 6) is -0.801. The number of amides is 2. The van der Waals surface area contributed by atoms with Gasteiger partial charge >= 0.3 is 5.97 Å². The first-order chi connectivity index (χ1) is 16.6. The number of ether oxygens (including phenoxy) is 1. The zero-order valence-corrected chi connectivity index (χ0v) is 19.4. The van der Waals surface area contributed by atoms with Gasteiger partial charge in [-0.2, -0.15) is 0 Å². The van der Waals surface area contributed by atoms with Gasteiger partial charge in [-0.3, -0.25) is 24.2 Å². The van der Waals surface area contributed by atoms with Crippen LogP contribution in [0.15, 0.2) is 54.6 Å². The van der Waals surface area contributed by atoms with E-state index in [0.29, 0.717) is 24.0 Å². The van der Waals surface area contributed by atoms with E-state index >= 15 is 0 Å². The highest BCUT2D eigenvalue weighted by atomic mass is 16.5. The summed E-state index contributed by atoms with van der Waals surface area (Å²) < 4.78 is 5.69. The van der Waals surface area contributed by atoms with Crippen LogP contribution >= 0.6 is 0 Å². The van der Waals surface area contributed by atoms with E-state index in [-0.39, 0.29) is 30.9 Å². The fourth-order valence-electron chi connectivity index (χ4n) is 4.45. The fourth-order valence-corrected chi connectivity index (χ4v) is 4.45. The molecule has 1 unspecified atom stereocenters. The minimum Gasteiger partial charge on any atom is -0.460 e. The lowest BCUT2D eigenvalue weighted by molar-refractivity contribution is -0.151. The normalized spacial score (nSPS) is 18.1.